The van der Waals surface area contributed by atoms with Gasteiger partial charge in [0.1, 0.15) is 11.3 Å². The van der Waals surface area contributed by atoms with E-state index in [0.717, 1.165) is 0 Å². The zero-order valence-electron chi connectivity index (χ0n) is 14.7. The van der Waals surface area contributed by atoms with Crippen molar-refractivity contribution in [1.82, 2.24) is 15.2 Å². The van der Waals surface area contributed by atoms with Crippen molar-refractivity contribution in [3.8, 4) is 5.75 Å². The van der Waals surface area contributed by atoms with Crippen LogP contribution in [0.15, 0.2) is 22.6 Å². The first-order valence-corrected chi connectivity index (χ1v) is 8.45. The van der Waals surface area contributed by atoms with E-state index in [2.05, 4.69) is 24.1 Å². The van der Waals surface area contributed by atoms with Crippen LogP contribution < -0.4 is 10.1 Å². The van der Waals surface area contributed by atoms with Crippen molar-refractivity contribution in [2.45, 2.75) is 26.8 Å². The topological polar surface area (TPSA) is 84.7 Å². The van der Waals surface area contributed by atoms with Crippen LogP contribution in [-0.2, 0) is 16.1 Å². The number of nitrogens with one attached hydrogen (secondary N) is 1. The number of amides is 2. The molecule has 3 rings (SSSR count). The van der Waals surface area contributed by atoms with Crippen molar-refractivity contribution in [3.63, 3.8) is 0 Å². The highest BCUT2D eigenvalue weighted by molar-refractivity contribution is 5.89. The van der Waals surface area contributed by atoms with Gasteiger partial charge in [0.25, 0.3) is 0 Å². The Labute approximate surface area is 146 Å². The number of likely N-dealkylation sites (tertiary alicyclic amines) is 1. The average Bonchev–Trinajstić information content (AvgIpc) is 3.14. The third-order valence-electron chi connectivity index (χ3n) is 4.22. The lowest BCUT2D eigenvalue weighted by atomic mass is 10.1. The van der Waals surface area contributed by atoms with Gasteiger partial charge in [-0.05, 0) is 18.1 Å². The van der Waals surface area contributed by atoms with E-state index in [1.54, 1.807) is 30.2 Å². The maximum absolute atomic E-state index is 12.3. The van der Waals surface area contributed by atoms with Gasteiger partial charge in [0, 0.05) is 25.6 Å². The predicted octanol–water partition coefficient (Wildman–Crippen LogP) is 1.96. The van der Waals surface area contributed by atoms with Gasteiger partial charge in [0.2, 0.25) is 17.7 Å². The highest BCUT2D eigenvalue weighted by Crippen LogP contribution is 2.22. The molecule has 1 aromatic heterocycles. The molecule has 7 heteroatoms. The third kappa shape index (κ3) is 3.92. The molecule has 1 saturated heterocycles. The van der Waals surface area contributed by atoms with E-state index in [-0.39, 0.29) is 30.7 Å². The number of carbonyl (C=O) groups excluding carboxylic acids is 2. The zero-order valence-corrected chi connectivity index (χ0v) is 14.7. The van der Waals surface area contributed by atoms with Crippen LogP contribution in [-0.4, -0.2) is 41.9 Å². The Morgan fingerprint density at radius 2 is 2.28 bits per heavy atom. The molecule has 1 atom stereocenters. The summed E-state index contributed by atoms with van der Waals surface area (Å²) in [6.07, 6.45) is 0.267. The van der Waals surface area contributed by atoms with Gasteiger partial charge in [-0.2, -0.15) is 0 Å². The van der Waals surface area contributed by atoms with Crippen molar-refractivity contribution in [1.29, 1.82) is 0 Å². The molecule has 2 heterocycles. The van der Waals surface area contributed by atoms with Gasteiger partial charge in [-0.15, -0.1) is 0 Å². The summed E-state index contributed by atoms with van der Waals surface area (Å²) in [6.45, 7) is 5.49. The number of nitrogens with zero attached hydrogens (tertiary/aromatic N) is 2. The fourth-order valence-corrected chi connectivity index (χ4v) is 3.03. The summed E-state index contributed by atoms with van der Waals surface area (Å²) < 4.78 is 10.8. The molecule has 134 valence electrons. The zero-order chi connectivity index (χ0) is 18.0. The fourth-order valence-electron chi connectivity index (χ4n) is 3.03. The number of hydrogen-bond donors (Lipinski definition) is 1. The average molecular weight is 345 g/mol. The lowest BCUT2D eigenvalue weighted by molar-refractivity contribution is -0.129. The van der Waals surface area contributed by atoms with E-state index >= 15 is 0 Å². The number of fused-ring (bicyclic) bond motifs is 1. The first-order chi connectivity index (χ1) is 12.0. The Kier molecular flexibility index (Phi) is 4.92. The molecule has 2 aromatic rings. The largest absolute Gasteiger partial charge is 0.497 e. The number of carbonyl (C=O) groups is 2. The Morgan fingerprint density at radius 3 is 3.00 bits per heavy atom. The summed E-state index contributed by atoms with van der Waals surface area (Å²) in [4.78, 5) is 30.4. The second kappa shape index (κ2) is 7.13. The SMILES string of the molecule is COc1ccc2oc(CNC(=O)C3CC(=O)N(CC(C)C)C3)nc2c1. The number of methoxy groups -OCH3 is 1. The summed E-state index contributed by atoms with van der Waals surface area (Å²) >= 11 is 0. The Hall–Kier alpha value is -2.57. The number of rotatable bonds is 6. The van der Waals surface area contributed by atoms with Crippen LogP contribution in [0.3, 0.4) is 0 Å². The van der Waals surface area contributed by atoms with Crippen LogP contribution in [0.25, 0.3) is 11.1 Å². The van der Waals surface area contributed by atoms with E-state index < -0.39 is 0 Å². The van der Waals surface area contributed by atoms with Gasteiger partial charge in [-0.3, -0.25) is 9.59 Å². The Balaban J connectivity index is 1.58. The minimum absolute atomic E-state index is 0.0443. The summed E-state index contributed by atoms with van der Waals surface area (Å²) in [5.41, 5.74) is 1.33. The van der Waals surface area contributed by atoms with Crippen LogP contribution in [0.4, 0.5) is 0 Å². The van der Waals surface area contributed by atoms with E-state index in [9.17, 15) is 9.59 Å². The second-order valence-corrected chi connectivity index (χ2v) is 6.75. The monoisotopic (exact) mass is 345 g/mol. The molecule has 0 saturated carbocycles. The van der Waals surface area contributed by atoms with Crippen LogP contribution >= 0.6 is 0 Å². The normalized spacial score (nSPS) is 17.5. The summed E-state index contributed by atoms with van der Waals surface area (Å²) in [6, 6.07) is 5.36. The first-order valence-electron chi connectivity index (χ1n) is 8.45. The van der Waals surface area contributed by atoms with Gasteiger partial charge in [0.05, 0.1) is 19.6 Å². The van der Waals surface area contributed by atoms with Crippen LogP contribution in [0.5, 0.6) is 5.75 Å². The molecule has 0 bridgehead atoms. The number of ether oxygens (including phenoxy) is 1. The number of hydrogen-bond acceptors (Lipinski definition) is 5. The lowest BCUT2D eigenvalue weighted by Gasteiger charge is -2.18. The quantitative estimate of drug-likeness (QED) is 0.865. The van der Waals surface area contributed by atoms with Crippen molar-refractivity contribution < 1.29 is 18.7 Å². The minimum Gasteiger partial charge on any atom is -0.497 e. The van der Waals surface area contributed by atoms with E-state index in [1.807, 2.05) is 0 Å². The summed E-state index contributed by atoms with van der Waals surface area (Å²) in [5.74, 6) is 1.12. The molecular weight excluding hydrogens is 322 g/mol. The van der Waals surface area contributed by atoms with Gasteiger partial charge in [-0.25, -0.2) is 4.98 Å². The highest BCUT2D eigenvalue weighted by atomic mass is 16.5. The molecular formula is C18H23N3O4. The summed E-state index contributed by atoms with van der Waals surface area (Å²) in [7, 11) is 1.59. The van der Waals surface area contributed by atoms with Crippen LogP contribution in [0, 0.1) is 11.8 Å². The van der Waals surface area contributed by atoms with Gasteiger partial charge >= 0.3 is 0 Å². The minimum atomic E-state index is -0.310. The number of benzene rings is 1. The van der Waals surface area contributed by atoms with Crippen molar-refractivity contribution in [3.05, 3.63) is 24.1 Å². The van der Waals surface area contributed by atoms with E-state index in [4.69, 9.17) is 9.15 Å². The first kappa shape index (κ1) is 17.3. The Morgan fingerprint density at radius 1 is 1.48 bits per heavy atom. The molecule has 1 unspecified atom stereocenters. The molecule has 1 N–H and O–H groups in total. The molecule has 1 aromatic carbocycles. The molecule has 1 aliphatic heterocycles. The molecule has 0 aliphatic carbocycles. The third-order valence-corrected chi connectivity index (χ3v) is 4.22. The Bertz CT molecular complexity index is 784. The molecule has 0 radical (unpaired) electrons. The maximum Gasteiger partial charge on any atom is 0.225 e. The molecule has 7 nitrogen and oxygen atoms in total. The maximum atomic E-state index is 12.3. The van der Waals surface area contributed by atoms with Gasteiger partial charge < -0.3 is 19.4 Å². The summed E-state index contributed by atoms with van der Waals surface area (Å²) in [5, 5.41) is 2.82. The molecule has 1 aliphatic rings. The highest BCUT2D eigenvalue weighted by Gasteiger charge is 2.34. The molecule has 1 fully saturated rings. The molecule has 25 heavy (non-hydrogen) atoms. The standard InChI is InChI=1S/C18H23N3O4/c1-11(2)9-21-10-12(6-17(21)22)18(23)19-8-16-20-14-7-13(24-3)4-5-15(14)25-16/h4-5,7,11-12H,6,8-10H2,1-3H3,(H,19,23). The molecule has 2 amide bonds. The smallest absolute Gasteiger partial charge is 0.225 e. The molecule has 0 spiro atoms. The lowest BCUT2D eigenvalue weighted by Crippen LogP contribution is -2.33. The second-order valence-electron chi connectivity index (χ2n) is 6.75. The number of oxazole rings is 1. The van der Waals surface area contributed by atoms with Crippen LogP contribution in [0.2, 0.25) is 0 Å². The van der Waals surface area contributed by atoms with Crippen LogP contribution in [0.1, 0.15) is 26.2 Å². The van der Waals surface area contributed by atoms with Gasteiger partial charge in [0.15, 0.2) is 5.58 Å². The van der Waals surface area contributed by atoms with Crippen molar-refractivity contribution in [2.24, 2.45) is 11.8 Å². The van der Waals surface area contributed by atoms with E-state index in [0.29, 0.717) is 41.7 Å². The fraction of sp³-hybridized carbons (Fsp3) is 0.500. The number of aromatic nitrogens is 1. The predicted molar refractivity (Wildman–Crippen MR) is 91.9 cm³/mol. The van der Waals surface area contributed by atoms with Crippen molar-refractivity contribution in [2.75, 3.05) is 20.2 Å². The van der Waals surface area contributed by atoms with Gasteiger partial charge in [-0.1, -0.05) is 13.8 Å². The van der Waals surface area contributed by atoms with Crippen molar-refractivity contribution >= 4 is 22.9 Å². The van der Waals surface area contributed by atoms with E-state index in [1.165, 1.54) is 0 Å².